The number of anilines is 1. The van der Waals surface area contributed by atoms with Crippen LogP contribution in [0.5, 0.6) is 5.75 Å². The zero-order valence-electron chi connectivity index (χ0n) is 14.8. The van der Waals surface area contributed by atoms with Gasteiger partial charge in [-0.05, 0) is 37.1 Å². The Bertz CT molecular complexity index is 901. The molecule has 0 bridgehead atoms. The van der Waals surface area contributed by atoms with E-state index in [1.807, 2.05) is 0 Å². The highest BCUT2D eigenvalue weighted by Gasteiger charge is 2.30. The number of carbonyl (C=O) groups is 2. The smallest absolute Gasteiger partial charge is 0.295 e. The van der Waals surface area contributed by atoms with Gasteiger partial charge < -0.3 is 10.1 Å². The van der Waals surface area contributed by atoms with E-state index in [1.165, 1.54) is 53.9 Å². The SMILES string of the molecule is C[C@@](F)(I)Oc1ccc(F)c(CNC(=O)c2ccnc(NC(=O)C3CC3)n2)c1. The standard InChI is InChI=1S/C18H17F2IN4O3/c1-18(20,21)28-12-4-5-13(19)11(8-12)9-23-16(27)14-6-7-22-17(24-14)25-15(26)10-2-3-10/h4-8,10H,2-3,9H2,1H3,(H,23,27)(H,22,24,25,26)/t18-/m1/s1. The fourth-order valence-electron chi connectivity index (χ4n) is 2.33. The van der Waals surface area contributed by atoms with Gasteiger partial charge in [0.2, 0.25) is 11.9 Å². The number of rotatable bonds is 7. The van der Waals surface area contributed by atoms with E-state index >= 15 is 0 Å². The van der Waals surface area contributed by atoms with E-state index in [-0.39, 0.29) is 41.3 Å². The van der Waals surface area contributed by atoms with Crippen LogP contribution in [0.3, 0.4) is 0 Å². The van der Waals surface area contributed by atoms with Gasteiger partial charge in [0.25, 0.3) is 9.77 Å². The second-order valence-electron chi connectivity index (χ2n) is 6.37. The molecule has 1 fully saturated rings. The summed E-state index contributed by atoms with van der Waals surface area (Å²) in [6, 6.07) is 5.13. The van der Waals surface area contributed by atoms with Crippen molar-refractivity contribution < 1.29 is 23.1 Å². The average molecular weight is 502 g/mol. The minimum Gasteiger partial charge on any atom is -0.450 e. The number of hydrogen-bond acceptors (Lipinski definition) is 5. The Labute approximate surface area is 173 Å². The number of amides is 2. The fourth-order valence-corrected chi connectivity index (χ4v) is 2.58. The molecule has 28 heavy (non-hydrogen) atoms. The van der Waals surface area contributed by atoms with Crippen molar-refractivity contribution in [3.63, 3.8) is 0 Å². The zero-order chi connectivity index (χ0) is 20.3. The van der Waals surface area contributed by atoms with Crippen molar-refractivity contribution in [3.8, 4) is 5.75 Å². The summed E-state index contributed by atoms with van der Waals surface area (Å²) in [6.07, 6.45) is 3.01. The van der Waals surface area contributed by atoms with Gasteiger partial charge in [0.15, 0.2) is 0 Å². The number of hydrogen-bond donors (Lipinski definition) is 2. The molecule has 148 valence electrons. The lowest BCUT2D eigenvalue weighted by atomic mass is 10.2. The van der Waals surface area contributed by atoms with Crippen LogP contribution in [0.25, 0.3) is 0 Å². The average Bonchev–Trinajstić information content (AvgIpc) is 3.46. The normalized spacial score (nSPS) is 15.4. The van der Waals surface area contributed by atoms with Crippen LogP contribution in [0.1, 0.15) is 35.8 Å². The molecule has 7 nitrogen and oxygen atoms in total. The number of nitrogens with one attached hydrogen (secondary N) is 2. The first-order valence-electron chi connectivity index (χ1n) is 8.48. The Morgan fingerprint density at radius 3 is 2.79 bits per heavy atom. The van der Waals surface area contributed by atoms with Crippen molar-refractivity contribution in [2.45, 2.75) is 30.2 Å². The van der Waals surface area contributed by atoms with Crippen molar-refractivity contribution in [1.29, 1.82) is 0 Å². The first-order chi connectivity index (χ1) is 13.2. The Morgan fingerprint density at radius 2 is 2.11 bits per heavy atom. The van der Waals surface area contributed by atoms with E-state index in [1.54, 1.807) is 0 Å². The molecule has 1 aromatic carbocycles. The topological polar surface area (TPSA) is 93.2 Å². The molecule has 0 spiro atoms. The quantitative estimate of drug-likeness (QED) is 0.448. The molecule has 0 saturated heterocycles. The lowest BCUT2D eigenvalue weighted by Crippen LogP contribution is -2.25. The number of carbonyl (C=O) groups excluding carboxylic acids is 2. The first-order valence-corrected chi connectivity index (χ1v) is 9.56. The third-order valence-electron chi connectivity index (χ3n) is 3.83. The predicted molar refractivity (Wildman–Crippen MR) is 105 cm³/mol. The molecule has 2 amide bonds. The van der Waals surface area contributed by atoms with Crippen LogP contribution in [-0.2, 0) is 11.3 Å². The summed E-state index contributed by atoms with van der Waals surface area (Å²) in [5, 5.41) is 5.09. The number of alkyl halides is 2. The van der Waals surface area contributed by atoms with E-state index in [4.69, 9.17) is 4.74 Å². The van der Waals surface area contributed by atoms with E-state index < -0.39 is 15.6 Å². The molecule has 0 unspecified atom stereocenters. The molecular weight excluding hydrogens is 485 g/mol. The molecule has 0 radical (unpaired) electrons. The molecule has 1 heterocycles. The Hall–Kier alpha value is -2.37. The van der Waals surface area contributed by atoms with Crippen LogP contribution in [0.2, 0.25) is 0 Å². The van der Waals surface area contributed by atoms with Gasteiger partial charge in [0.05, 0.1) is 0 Å². The highest BCUT2D eigenvalue weighted by molar-refractivity contribution is 14.1. The van der Waals surface area contributed by atoms with E-state index in [0.717, 1.165) is 18.9 Å². The third kappa shape index (κ3) is 5.81. The largest absolute Gasteiger partial charge is 0.450 e. The van der Waals surface area contributed by atoms with E-state index in [2.05, 4.69) is 20.6 Å². The number of benzene rings is 1. The Kier molecular flexibility index (Phi) is 6.06. The zero-order valence-corrected chi connectivity index (χ0v) is 17.0. The summed E-state index contributed by atoms with van der Waals surface area (Å²) in [4.78, 5) is 32.0. The van der Waals surface area contributed by atoms with Crippen molar-refractivity contribution in [1.82, 2.24) is 15.3 Å². The number of halogens is 3. The molecule has 3 rings (SSSR count). The summed E-state index contributed by atoms with van der Waals surface area (Å²) in [5.41, 5.74) is 0.153. The van der Waals surface area contributed by atoms with Crippen molar-refractivity contribution in [3.05, 3.63) is 47.5 Å². The van der Waals surface area contributed by atoms with Gasteiger partial charge in [0, 0.05) is 53.7 Å². The van der Waals surface area contributed by atoms with Crippen molar-refractivity contribution in [2.75, 3.05) is 5.32 Å². The highest BCUT2D eigenvalue weighted by Crippen LogP contribution is 2.29. The van der Waals surface area contributed by atoms with Gasteiger partial charge in [-0.25, -0.2) is 14.4 Å². The summed E-state index contributed by atoms with van der Waals surface area (Å²) in [5.74, 6) is -1.16. The summed E-state index contributed by atoms with van der Waals surface area (Å²) in [6.45, 7) is 1.06. The molecule has 2 aromatic rings. The van der Waals surface area contributed by atoms with E-state index in [0.29, 0.717) is 0 Å². The molecule has 0 aliphatic heterocycles. The minimum atomic E-state index is -1.95. The van der Waals surface area contributed by atoms with E-state index in [9.17, 15) is 18.4 Å². The fraction of sp³-hybridized carbons (Fsp3) is 0.333. The monoisotopic (exact) mass is 502 g/mol. The second-order valence-corrected chi connectivity index (χ2v) is 8.30. The van der Waals surface area contributed by atoms with Crippen molar-refractivity contribution in [2.24, 2.45) is 5.92 Å². The van der Waals surface area contributed by atoms with Crippen LogP contribution < -0.4 is 15.4 Å². The molecule has 2 N–H and O–H groups in total. The first kappa shape index (κ1) is 20.4. The maximum absolute atomic E-state index is 14.0. The van der Waals surface area contributed by atoms with Crippen LogP contribution in [0.4, 0.5) is 14.7 Å². The second kappa shape index (κ2) is 8.33. The molecule has 1 saturated carbocycles. The third-order valence-corrected chi connectivity index (χ3v) is 4.05. The van der Waals surface area contributed by atoms with Gasteiger partial charge in [-0.15, -0.1) is 0 Å². The lowest BCUT2D eigenvalue weighted by molar-refractivity contribution is -0.117. The number of nitrogens with zero attached hydrogens (tertiary/aromatic N) is 2. The van der Waals surface area contributed by atoms with Crippen LogP contribution in [0.15, 0.2) is 30.5 Å². The molecular formula is C18H17F2IN4O3. The molecule has 1 aliphatic carbocycles. The summed E-state index contributed by atoms with van der Waals surface area (Å²) in [7, 11) is 0. The van der Waals surface area contributed by atoms with Gasteiger partial charge in [0.1, 0.15) is 17.3 Å². The lowest BCUT2D eigenvalue weighted by Gasteiger charge is -2.16. The highest BCUT2D eigenvalue weighted by atomic mass is 127. The minimum absolute atomic E-state index is 0.0210. The summed E-state index contributed by atoms with van der Waals surface area (Å²) < 4.78 is 30.6. The van der Waals surface area contributed by atoms with Crippen molar-refractivity contribution >= 4 is 40.4 Å². The number of aromatic nitrogens is 2. The number of ether oxygens (including phenoxy) is 1. The van der Waals surface area contributed by atoms with Crippen LogP contribution in [-0.4, -0.2) is 25.6 Å². The molecule has 1 atom stereocenters. The summed E-state index contributed by atoms with van der Waals surface area (Å²) >= 11 is 1.46. The van der Waals surface area contributed by atoms with Gasteiger partial charge >= 0.3 is 0 Å². The van der Waals surface area contributed by atoms with Gasteiger partial charge in [-0.1, -0.05) is 0 Å². The van der Waals surface area contributed by atoms with Crippen LogP contribution in [0, 0.1) is 11.7 Å². The molecule has 10 heteroatoms. The predicted octanol–water partition coefficient (Wildman–Crippen LogP) is 3.35. The Morgan fingerprint density at radius 1 is 1.36 bits per heavy atom. The van der Waals surface area contributed by atoms with Gasteiger partial charge in [-0.3, -0.25) is 14.9 Å². The maximum atomic E-state index is 14.0. The maximum Gasteiger partial charge on any atom is 0.295 e. The Balaban J connectivity index is 1.63. The molecule has 1 aliphatic rings. The van der Waals surface area contributed by atoms with Gasteiger partial charge in [-0.2, -0.15) is 4.39 Å². The molecule has 1 aromatic heterocycles. The van der Waals surface area contributed by atoms with Crippen LogP contribution >= 0.6 is 22.6 Å².